The Kier molecular flexibility index (Phi) is 6.82. The SMILES string of the molecule is Cc1ccc(NC(=O)CNc2ccc(Cl)c(C(F)(F)F)c2)cc1S(=O)(=O)N(C)C. The maximum absolute atomic E-state index is 12.9. The van der Waals surface area contributed by atoms with Crippen LogP contribution in [0.1, 0.15) is 11.1 Å². The van der Waals surface area contributed by atoms with Crippen LogP contribution in [0.5, 0.6) is 0 Å². The van der Waals surface area contributed by atoms with Gasteiger partial charge in [-0.05, 0) is 42.8 Å². The smallest absolute Gasteiger partial charge is 0.376 e. The molecule has 0 aliphatic rings. The van der Waals surface area contributed by atoms with E-state index in [1.165, 1.54) is 32.3 Å². The van der Waals surface area contributed by atoms with E-state index < -0.39 is 32.7 Å². The number of sulfonamides is 1. The lowest BCUT2D eigenvalue weighted by atomic mass is 10.2. The number of halogens is 4. The first-order valence-corrected chi connectivity index (χ1v) is 10.1. The second kappa shape index (κ2) is 8.60. The van der Waals surface area contributed by atoms with Crippen molar-refractivity contribution in [3.05, 3.63) is 52.5 Å². The summed E-state index contributed by atoms with van der Waals surface area (Å²) in [6, 6.07) is 7.62. The van der Waals surface area contributed by atoms with Crippen LogP contribution < -0.4 is 10.6 Å². The van der Waals surface area contributed by atoms with Gasteiger partial charge in [0, 0.05) is 25.5 Å². The van der Waals surface area contributed by atoms with Crippen LogP contribution in [0.25, 0.3) is 0 Å². The number of nitrogens with zero attached hydrogens (tertiary/aromatic N) is 1. The molecule has 0 aromatic heterocycles. The normalized spacial score (nSPS) is 12.1. The van der Waals surface area contributed by atoms with Crippen molar-refractivity contribution in [3.63, 3.8) is 0 Å². The van der Waals surface area contributed by atoms with E-state index in [4.69, 9.17) is 11.6 Å². The summed E-state index contributed by atoms with van der Waals surface area (Å²) in [7, 11) is -0.908. The minimum absolute atomic E-state index is 0.0424. The average molecular weight is 450 g/mol. The van der Waals surface area contributed by atoms with Crippen molar-refractivity contribution in [2.75, 3.05) is 31.3 Å². The predicted octanol–water partition coefficient (Wildman–Crippen LogP) is 3.97. The molecule has 0 unspecified atom stereocenters. The fourth-order valence-electron chi connectivity index (χ4n) is 2.39. The summed E-state index contributed by atoms with van der Waals surface area (Å²) >= 11 is 5.56. The monoisotopic (exact) mass is 449 g/mol. The highest BCUT2D eigenvalue weighted by Crippen LogP contribution is 2.36. The van der Waals surface area contributed by atoms with Gasteiger partial charge in [-0.25, -0.2) is 12.7 Å². The Labute approximate surface area is 171 Å². The fraction of sp³-hybridized carbons (Fsp3) is 0.278. The Morgan fingerprint density at radius 2 is 1.72 bits per heavy atom. The van der Waals surface area contributed by atoms with Crippen LogP contribution in [0.2, 0.25) is 5.02 Å². The Balaban J connectivity index is 2.11. The zero-order chi connectivity index (χ0) is 22.0. The van der Waals surface area contributed by atoms with Gasteiger partial charge in [-0.2, -0.15) is 13.2 Å². The maximum atomic E-state index is 12.9. The molecule has 0 aliphatic carbocycles. The number of hydrogen-bond donors (Lipinski definition) is 2. The zero-order valence-electron chi connectivity index (χ0n) is 15.8. The standard InChI is InChI=1S/C18H19ClF3N3O3S/c1-11-4-5-13(9-16(11)29(27,28)25(2)3)24-17(26)10-23-12-6-7-15(19)14(8-12)18(20,21)22/h4-9,23H,10H2,1-3H3,(H,24,26). The van der Waals surface area contributed by atoms with Gasteiger partial charge in [0.1, 0.15) is 0 Å². The molecule has 0 radical (unpaired) electrons. The third-order valence-electron chi connectivity index (χ3n) is 3.96. The van der Waals surface area contributed by atoms with Gasteiger partial charge in [-0.3, -0.25) is 4.79 Å². The first kappa shape index (κ1) is 23.0. The first-order valence-electron chi connectivity index (χ1n) is 8.26. The molecular formula is C18H19ClF3N3O3S. The van der Waals surface area contributed by atoms with E-state index in [9.17, 15) is 26.4 Å². The van der Waals surface area contributed by atoms with Crippen molar-refractivity contribution in [3.8, 4) is 0 Å². The van der Waals surface area contributed by atoms with Crippen LogP contribution in [0.3, 0.4) is 0 Å². The molecule has 1 amide bonds. The van der Waals surface area contributed by atoms with Gasteiger partial charge in [0.05, 0.1) is 22.0 Å². The Bertz CT molecular complexity index is 1020. The second-order valence-corrected chi connectivity index (χ2v) is 8.89. The number of rotatable bonds is 6. The molecule has 2 aromatic carbocycles. The number of hydrogen-bond acceptors (Lipinski definition) is 4. The molecule has 0 saturated heterocycles. The second-order valence-electron chi connectivity index (χ2n) is 6.36. The largest absolute Gasteiger partial charge is 0.417 e. The van der Waals surface area contributed by atoms with Crippen LogP contribution >= 0.6 is 11.6 Å². The number of carbonyl (C=O) groups is 1. The number of alkyl halides is 3. The van der Waals surface area contributed by atoms with E-state index >= 15 is 0 Å². The van der Waals surface area contributed by atoms with E-state index in [0.29, 0.717) is 5.56 Å². The van der Waals surface area contributed by atoms with Crippen molar-refractivity contribution in [1.29, 1.82) is 0 Å². The topological polar surface area (TPSA) is 78.5 Å². The number of aryl methyl sites for hydroxylation is 1. The summed E-state index contributed by atoms with van der Waals surface area (Å²) in [6.07, 6.45) is -4.62. The highest BCUT2D eigenvalue weighted by molar-refractivity contribution is 7.89. The quantitative estimate of drug-likeness (QED) is 0.699. The van der Waals surface area contributed by atoms with Gasteiger partial charge in [-0.15, -0.1) is 0 Å². The van der Waals surface area contributed by atoms with Crippen molar-refractivity contribution in [2.45, 2.75) is 18.0 Å². The number of carbonyl (C=O) groups excluding carboxylic acids is 1. The van der Waals surface area contributed by atoms with Gasteiger partial charge in [-0.1, -0.05) is 17.7 Å². The predicted molar refractivity (Wildman–Crippen MR) is 106 cm³/mol. The van der Waals surface area contributed by atoms with Crippen molar-refractivity contribution in [1.82, 2.24) is 4.31 Å². The molecule has 0 saturated carbocycles. The first-order chi connectivity index (χ1) is 13.3. The summed E-state index contributed by atoms with van der Waals surface area (Å²) in [4.78, 5) is 12.2. The molecule has 0 spiro atoms. The molecule has 2 aromatic rings. The van der Waals surface area contributed by atoms with E-state index in [0.717, 1.165) is 16.4 Å². The summed E-state index contributed by atoms with van der Waals surface area (Å²) in [6.45, 7) is 1.30. The van der Waals surface area contributed by atoms with Gasteiger partial charge < -0.3 is 10.6 Å². The van der Waals surface area contributed by atoms with Crippen LogP contribution in [0.15, 0.2) is 41.3 Å². The van der Waals surface area contributed by atoms with Crippen molar-refractivity contribution < 1.29 is 26.4 Å². The Morgan fingerprint density at radius 1 is 1.10 bits per heavy atom. The Hall–Kier alpha value is -2.30. The van der Waals surface area contributed by atoms with Crippen LogP contribution in [0, 0.1) is 6.92 Å². The highest BCUT2D eigenvalue weighted by atomic mass is 35.5. The molecule has 29 heavy (non-hydrogen) atoms. The van der Waals surface area contributed by atoms with Gasteiger partial charge in [0.25, 0.3) is 0 Å². The lowest BCUT2D eigenvalue weighted by Gasteiger charge is -2.15. The van der Waals surface area contributed by atoms with Crippen molar-refractivity contribution in [2.24, 2.45) is 0 Å². The third kappa shape index (κ3) is 5.62. The number of anilines is 2. The minimum Gasteiger partial charge on any atom is -0.376 e. The van der Waals surface area contributed by atoms with Crippen molar-refractivity contribution >= 4 is 38.9 Å². The van der Waals surface area contributed by atoms with Crippen LogP contribution in [0.4, 0.5) is 24.5 Å². The minimum atomic E-state index is -4.62. The lowest BCUT2D eigenvalue weighted by Crippen LogP contribution is -2.24. The van der Waals surface area contributed by atoms with Gasteiger partial charge in [0.15, 0.2) is 0 Å². The lowest BCUT2D eigenvalue weighted by molar-refractivity contribution is -0.137. The summed E-state index contributed by atoms with van der Waals surface area (Å²) < 4.78 is 64.4. The van der Waals surface area contributed by atoms with Gasteiger partial charge in [0.2, 0.25) is 15.9 Å². The average Bonchev–Trinajstić information content (AvgIpc) is 2.61. The van der Waals surface area contributed by atoms with Crippen LogP contribution in [-0.2, 0) is 21.0 Å². The number of nitrogens with one attached hydrogen (secondary N) is 2. The molecule has 11 heteroatoms. The fourth-order valence-corrected chi connectivity index (χ4v) is 3.76. The summed E-state index contributed by atoms with van der Waals surface area (Å²) in [5, 5.41) is 4.65. The van der Waals surface area contributed by atoms with Gasteiger partial charge >= 0.3 is 6.18 Å². The molecule has 2 N–H and O–H groups in total. The Morgan fingerprint density at radius 3 is 2.31 bits per heavy atom. The molecule has 0 atom stereocenters. The molecular weight excluding hydrogens is 431 g/mol. The molecule has 0 bridgehead atoms. The molecule has 0 heterocycles. The molecule has 2 rings (SSSR count). The highest BCUT2D eigenvalue weighted by Gasteiger charge is 2.33. The summed E-state index contributed by atoms with van der Waals surface area (Å²) in [5.41, 5.74) is -0.191. The van der Waals surface area contributed by atoms with E-state index in [-0.39, 0.29) is 22.8 Å². The molecule has 0 fully saturated rings. The van der Waals surface area contributed by atoms with E-state index in [1.54, 1.807) is 13.0 Å². The third-order valence-corrected chi connectivity index (χ3v) is 6.24. The molecule has 0 aliphatic heterocycles. The summed E-state index contributed by atoms with van der Waals surface area (Å²) in [5.74, 6) is -0.564. The number of benzene rings is 2. The number of amides is 1. The van der Waals surface area contributed by atoms with Crippen LogP contribution in [-0.4, -0.2) is 39.3 Å². The zero-order valence-corrected chi connectivity index (χ0v) is 17.3. The maximum Gasteiger partial charge on any atom is 0.417 e. The van der Waals surface area contributed by atoms with E-state index in [2.05, 4.69) is 10.6 Å². The van der Waals surface area contributed by atoms with E-state index in [1.807, 2.05) is 0 Å². The molecule has 158 valence electrons. The molecule has 6 nitrogen and oxygen atoms in total.